The summed E-state index contributed by atoms with van der Waals surface area (Å²) >= 11 is 0. The minimum atomic E-state index is -0.0506. The lowest BCUT2D eigenvalue weighted by Crippen LogP contribution is -2.37. The molecule has 2 rings (SSSR count). The topological polar surface area (TPSA) is 67.6 Å². The zero-order chi connectivity index (χ0) is 15.1. The molecule has 1 aromatic rings. The Kier molecular flexibility index (Phi) is 6.20. The SMILES string of the molecule is COC1CCN(c2cnn(CCCCCO)c(=O)c2)CC1. The molecule has 2 heterocycles. The molecule has 6 heteroatoms. The number of hydrogen-bond donors (Lipinski definition) is 1. The highest BCUT2D eigenvalue weighted by atomic mass is 16.5. The molecule has 0 saturated carbocycles. The van der Waals surface area contributed by atoms with Crippen molar-refractivity contribution in [2.75, 3.05) is 31.7 Å². The smallest absolute Gasteiger partial charge is 0.268 e. The lowest BCUT2D eigenvalue weighted by Gasteiger charge is -2.32. The Hall–Kier alpha value is -1.40. The molecule has 1 fully saturated rings. The second-order valence-electron chi connectivity index (χ2n) is 5.48. The largest absolute Gasteiger partial charge is 0.396 e. The van der Waals surface area contributed by atoms with Gasteiger partial charge in [-0.05, 0) is 32.1 Å². The van der Waals surface area contributed by atoms with E-state index in [9.17, 15) is 4.79 Å². The van der Waals surface area contributed by atoms with Gasteiger partial charge in [-0.25, -0.2) is 4.68 Å². The number of nitrogens with zero attached hydrogens (tertiary/aromatic N) is 3. The molecule has 0 spiro atoms. The molecular weight excluding hydrogens is 270 g/mol. The second-order valence-corrected chi connectivity index (χ2v) is 5.48. The molecule has 0 aromatic carbocycles. The summed E-state index contributed by atoms with van der Waals surface area (Å²) in [5.41, 5.74) is 0.853. The van der Waals surface area contributed by atoms with Gasteiger partial charge in [0.15, 0.2) is 0 Å². The highest BCUT2D eigenvalue weighted by Gasteiger charge is 2.19. The Morgan fingerprint density at radius 2 is 2.10 bits per heavy atom. The van der Waals surface area contributed by atoms with E-state index in [-0.39, 0.29) is 12.2 Å². The van der Waals surface area contributed by atoms with Crippen molar-refractivity contribution in [3.8, 4) is 0 Å². The highest BCUT2D eigenvalue weighted by Crippen LogP contribution is 2.18. The van der Waals surface area contributed by atoms with Gasteiger partial charge in [-0.2, -0.15) is 5.10 Å². The maximum atomic E-state index is 12.1. The van der Waals surface area contributed by atoms with E-state index in [1.165, 1.54) is 4.68 Å². The van der Waals surface area contributed by atoms with Crippen LogP contribution in [0.2, 0.25) is 0 Å². The van der Waals surface area contributed by atoms with Crippen molar-refractivity contribution >= 4 is 5.69 Å². The third kappa shape index (κ3) is 4.54. The predicted octanol–water partition coefficient (Wildman–Crippen LogP) is 1.02. The van der Waals surface area contributed by atoms with Gasteiger partial charge in [0.2, 0.25) is 0 Å². The molecule has 118 valence electrons. The third-order valence-corrected chi connectivity index (χ3v) is 4.02. The Balaban J connectivity index is 1.91. The van der Waals surface area contributed by atoms with Crippen LogP contribution in [0.4, 0.5) is 5.69 Å². The molecule has 21 heavy (non-hydrogen) atoms. The summed E-state index contributed by atoms with van der Waals surface area (Å²) in [5.74, 6) is 0. The van der Waals surface area contributed by atoms with Crippen LogP contribution in [0.25, 0.3) is 0 Å². The van der Waals surface area contributed by atoms with E-state index >= 15 is 0 Å². The van der Waals surface area contributed by atoms with Crippen molar-refractivity contribution in [2.45, 2.75) is 44.8 Å². The molecule has 0 radical (unpaired) electrons. The van der Waals surface area contributed by atoms with Crippen molar-refractivity contribution in [2.24, 2.45) is 0 Å². The first-order chi connectivity index (χ1) is 10.2. The Morgan fingerprint density at radius 3 is 2.71 bits per heavy atom. The molecule has 6 nitrogen and oxygen atoms in total. The number of aryl methyl sites for hydroxylation is 1. The van der Waals surface area contributed by atoms with Gasteiger partial charge in [0.1, 0.15) is 0 Å². The molecule has 1 saturated heterocycles. The van der Waals surface area contributed by atoms with Crippen LogP contribution < -0.4 is 10.5 Å². The van der Waals surface area contributed by atoms with E-state index in [0.29, 0.717) is 12.6 Å². The maximum absolute atomic E-state index is 12.1. The molecule has 0 bridgehead atoms. The zero-order valence-corrected chi connectivity index (χ0v) is 12.7. The molecule has 0 atom stereocenters. The number of rotatable bonds is 7. The monoisotopic (exact) mass is 295 g/mol. The first kappa shape index (κ1) is 16.0. The number of aliphatic hydroxyl groups excluding tert-OH is 1. The van der Waals surface area contributed by atoms with Gasteiger partial charge < -0.3 is 14.7 Å². The van der Waals surface area contributed by atoms with Gasteiger partial charge in [-0.3, -0.25) is 4.79 Å². The van der Waals surface area contributed by atoms with Crippen molar-refractivity contribution in [1.82, 2.24) is 9.78 Å². The number of anilines is 1. The molecule has 0 aliphatic carbocycles. The third-order valence-electron chi connectivity index (χ3n) is 4.02. The first-order valence-corrected chi connectivity index (χ1v) is 7.70. The molecule has 1 aliphatic rings. The fourth-order valence-corrected chi connectivity index (χ4v) is 2.66. The van der Waals surface area contributed by atoms with Gasteiger partial charge >= 0.3 is 0 Å². The number of ether oxygens (including phenoxy) is 1. The Morgan fingerprint density at radius 1 is 1.33 bits per heavy atom. The van der Waals surface area contributed by atoms with Crippen molar-refractivity contribution in [3.63, 3.8) is 0 Å². The van der Waals surface area contributed by atoms with E-state index in [4.69, 9.17) is 9.84 Å². The second kappa shape index (κ2) is 8.14. The molecule has 1 aromatic heterocycles. The van der Waals surface area contributed by atoms with Crippen LogP contribution in [0, 0.1) is 0 Å². The summed E-state index contributed by atoms with van der Waals surface area (Å²) in [6.07, 6.45) is 6.65. The number of aliphatic hydroxyl groups is 1. The van der Waals surface area contributed by atoms with Gasteiger partial charge in [-0.1, -0.05) is 0 Å². The van der Waals surface area contributed by atoms with E-state index in [2.05, 4.69) is 10.00 Å². The first-order valence-electron chi connectivity index (χ1n) is 7.70. The summed E-state index contributed by atoms with van der Waals surface area (Å²) in [4.78, 5) is 14.3. The molecular formula is C15H25N3O3. The van der Waals surface area contributed by atoms with Gasteiger partial charge in [-0.15, -0.1) is 0 Å². The quantitative estimate of drug-likeness (QED) is 0.761. The van der Waals surface area contributed by atoms with Gasteiger partial charge in [0, 0.05) is 39.4 Å². The Bertz CT molecular complexity index is 481. The predicted molar refractivity (Wildman–Crippen MR) is 81.7 cm³/mol. The molecule has 0 amide bonds. The van der Waals surface area contributed by atoms with Crippen molar-refractivity contribution in [1.29, 1.82) is 0 Å². The summed E-state index contributed by atoms with van der Waals surface area (Å²) in [6.45, 7) is 2.63. The van der Waals surface area contributed by atoms with Crippen LogP contribution in [-0.2, 0) is 11.3 Å². The molecule has 0 unspecified atom stereocenters. The number of unbranched alkanes of at least 4 members (excludes halogenated alkanes) is 2. The molecule has 1 aliphatic heterocycles. The van der Waals surface area contributed by atoms with Crippen LogP contribution in [0.5, 0.6) is 0 Å². The van der Waals surface area contributed by atoms with Gasteiger partial charge in [0.05, 0.1) is 18.0 Å². The lowest BCUT2D eigenvalue weighted by atomic mass is 10.1. The van der Waals surface area contributed by atoms with E-state index < -0.39 is 0 Å². The summed E-state index contributed by atoms with van der Waals surface area (Å²) in [7, 11) is 1.75. The maximum Gasteiger partial charge on any atom is 0.268 e. The van der Waals surface area contributed by atoms with Crippen LogP contribution >= 0.6 is 0 Å². The zero-order valence-electron chi connectivity index (χ0n) is 12.7. The lowest BCUT2D eigenvalue weighted by molar-refractivity contribution is 0.0819. The summed E-state index contributed by atoms with van der Waals surface area (Å²) in [5, 5.41) is 13.0. The number of hydrogen-bond acceptors (Lipinski definition) is 5. The number of aromatic nitrogens is 2. The van der Waals surface area contributed by atoms with Crippen LogP contribution in [0.1, 0.15) is 32.1 Å². The van der Waals surface area contributed by atoms with Crippen LogP contribution in [0.15, 0.2) is 17.1 Å². The summed E-state index contributed by atoms with van der Waals surface area (Å²) < 4.78 is 6.86. The summed E-state index contributed by atoms with van der Waals surface area (Å²) in [6, 6.07) is 1.67. The fraction of sp³-hybridized carbons (Fsp3) is 0.733. The van der Waals surface area contributed by atoms with Crippen LogP contribution in [0.3, 0.4) is 0 Å². The number of methoxy groups -OCH3 is 1. The minimum Gasteiger partial charge on any atom is -0.396 e. The minimum absolute atomic E-state index is 0.0506. The van der Waals surface area contributed by atoms with Crippen molar-refractivity contribution in [3.05, 3.63) is 22.6 Å². The van der Waals surface area contributed by atoms with Crippen LogP contribution in [-0.4, -0.2) is 47.8 Å². The van der Waals surface area contributed by atoms with Gasteiger partial charge in [0.25, 0.3) is 5.56 Å². The van der Waals surface area contributed by atoms with Crippen molar-refractivity contribution < 1.29 is 9.84 Å². The average Bonchev–Trinajstić information content (AvgIpc) is 2.53. The van der Waals surface area contributed by atoms with E-state index in [1.54, 1.807) is 19.4 Å². The Labute approximate surface area is 125 Å². The van der Waals surface area contributed by atoms with E-state index in [1.807, 2.05) is 0 Å². The standard InChI is InChI=1S/C15H25N3O3/c1-21-14-5-8-17(9-6-14)13-11-15(20)18(16-12-13)7-3-2-4-10-19/h11-12,14,19H,2-10H2,1H3. The highest BCUT2D eigenvalue weighted by molar-refractivity contribution is 5.43. The fourth-order valence-electron chi connectivity index (χ4n) is 2.66. The van der Waals surface area contributed by atoms with E-state index in [0.717, 1.165) is 50.9 Å². The molecule has 1 N–H and O–H groups in total. The number of piperidine rings is 1. The normalized spacial score (nSPS) is 16.4. The average molecular weight is 295 g/mol.